The number of para-hydroxylation sites is 1. The van der Waals surface area contributed by atoms with Gasteiger partial charge in [-0.2, -0.15) is 0 Å². The van der Waals surface area contributed by atoms with Crippen LogP contribution in [0.5, 0.6) is 0 Å². The molecule has 6 N–H and O–H groups in total. The molecule has 2 aromatic rings. The van der Waals surface area contributed by atoms with Gasteiger partial charge in [0.15, 0.2) is 11.0 Å². The van der Waals surface area contributed by atoms with Crippen molar-refractivity contribution in [1.29, 1.82) is 0 Å². The summed E-state index contributed by atoms with van der Waals surface area (Å²) >= 11 is 1.29. The molecule has 1 fully saturated rings. The van der Waals surface area contributed by atoms with Gasteiger partial charge in [0.25, 0.3) is 0 Å². The van der Waals surface area contributed by atoms with Crippen LogP contribution in [0.3, 0.4) is 0 Å². The number of carbonyl (C=O) groups excluding carboxylic acids is 2. The van der Waals surface area contributed by atoms with Gasteiger partial charge in [0.2, 0.25) is 11.7 Å². The summed E-state index contributed by atoms with van der Waals surface area (Å²) in [5.41, 5.74) is 11.4. The number of aromatic nitrogens is 1. The zero-order valence-corrected chi connectivity index (χ0v) is 21.4. The minimum atomic E-state index is -0.754. The van der Waals surface area contributed by atoms with E-state index < -0.39 is 18.2 Å². The molecule has 0 saturated carbocycles. The third-order valence-corrected chi connectivity index (χ3v) is 5.47. The van der Waals surface area contributed by atoms with Crippen LogP contribution in [-0.4, -0.2) is 59.0 Å². The predicted octanol–water partition coefficient (Wildman–Crippen LogP) is 0.524. The Labute approximate surface area is 208 Å². The van der Waals surface area contributed by atoms with E-state index in [2.05, 4.69) is 20.6 Å². The van der Waals surface area contributed by atoms with Gasteiger partial charge in [0, 0.05) is 56.7 Å². The van der Waals surface area contributed by atoms with Crippen LogP contribution in [0.15, 0.2) is 29.3 Å². The fourth-order valence-electron chi connectivity index (χ4n) is 3.01. The van der Waals surface area contributed by atoms with Gasteiger partial charge in [-0.3, -0.25) is 14.6 Å². The number of fused-ring (bicyclic) bond motifs is 1. The minimum Gasteiger partial charge on any atom is -0.650 e. The second-order valence-corrected chi connectivity index (χ2v) is 7.66. The summed E-state index contributed by atoms with van der Waals surface area (Å²) in [4.78, 5) is 33.8. The number of guanidine groups is 1. The van der Waals surface area contributed by atoms with Crippen LogP contribution in [0.4, 0.5) is 0 Å². The first-order chi connectivity index (χ1) is 13.4. The fraction of sp³-hybridized carbons (Fsp3) is 0.444. The summed E-state index contributed by atoms with van der Waals surface area (Å²) in [6.45, 7) is 0.591. The van der Waals surface area contributed by atoms with Gasteiger partial charge in [0.05, 0.1) is 16.3 Å². The second-order valence-electron chi connectivity index (χ2n) is 6.63. The molecule has 2 heterocycles. The Balaban J connectivity index is 0.00000300. The maximum absolute atomic E-state index is 13.0. The number of nitrogens with one attached hydrogen (secondary N) is 1. The van der Waals surface area contributed by atoms with E-state index in [4.69, 9.17) is 11.5 Å². The molecule has 1 radical (unpaired) electrons. The molecular weight excluding hydrogens is 607 g/mol. The first-order valence-electron chi connectivity index (χ1n) is 9.04. The standard InChI is InChI=1S/C18H23N6O3S.Ac/c19-18(20)21-7-3-5-12(23-16(27)13-8-10(25)9-22-13)15(26)17-24-11-4-1-2-6-14(11)28-17;/h1-2,4,6,10,12-13,25H,3,5,7-9H2,(H,23,27)(H4,19,20,21);/q-1;/t10-,12?,13+;/m1./s1. The number of carbonyl (C=O) groups is 2. The molecule has 11 heteroatoms. The van der Waals surface area contributed by atoms with E-state index in [9.17, 15) is 14.7 Å². The molecule has 1 unspecified atom stereocenters. The molecule has 0 bridgehead atoms. The minimum absolute atomic E-state index is 0. The van der Waals surface area contributed by atoms with Crippen LogP contribution in [-0.2, 0) is 4.79 Å². The number of aliphatic hydroxyl groups excluding tert-OH is 1. The molecule has 0 aliphatic carbocycles. The van der Waals surface area contributed by atoms with Crippen LogP contribution < -0.4 is 16.8 Å². The van der Waals surface area contributed by atoms with Crippen LogP contribution in [0, 0.1) is 44.1 Å². The Hall–Kier alpha value is -1.12. The third-order valence-electron chi connectivity index (χ3n) is 4.42. The number of thiazole rings is 1. The quantitative estimate of drug-likeness (QED) is 0.144. The van der Waals surface area contributed by atoms with Gasteiger partial charge >= 0.3 is 0 Å². The summed E-state index contributed by atoms with van der Waals surface area (Å²) in [5.74, 6) is -0.632. The molecule has 1 aliphatic heterocycles. The molecule has 1 aliphatic rings. The van der Waals surface area contributed by atoms with Crippen molar-refractivity contribution in [3.63, 3.8) is 0 Å². The molecule has 29 heavy (non-hydrogen) atoms. The average molecular weight is 630 g/mol. The van der Waals surface area contributed by atoms with Crippen molar-refractivity contribution < 1.29 is 58.8 Å². The van der Waals surface area contributed by atoms with E-state index in [1.54, 1.807) is 0 Å². The molecular formula is C18H23AcN6O3S-. The summed E-state index contributed by atoms with van der Waals surface area (Å²) in [7, 11) is 0. The van der Waals surface area contributed by atoms with Crippen LogP contribution in [0.1, 0.15) is 29.1 Å². The van der Waals surface area contributed by atoms with Gasteiger partial charge < -0.3 is 27.2 Å². The number of nitrogens with two attached hydrogens (primary N) is 2. The maximum atomic E-state index is 13.0. The van der Waals surface area contributed by atoms with Crippen molar-refractivity contribution in [3.8, 4) is 0 Å². The number of aliphatic hydroxyl groups is 1. The molecule has 3 rings (SSSR count). The normalized spacial score (nSPS) is 19.3. The monoisotopic (exact) mass is 630 g/mol. The van der Waals surface area contributed by atoms with Gasteiger partial charge in [0.1, 0.15) is 0 Å². The first-order valence-corrected chi connectivity index (χ1v) is 9.86. The van der Waals surface area contributed by atoms with Crippen molar-refractivity contribution >= 4 is 39.2 Å². The fourth-order valence-corrected chi connectivity index (χ4v) is 3.97. The molecule has 153 valence electrons. The van der Waals surface area contributed by atoms with E-state index in [0.717, 1.165) is 10.2 Å². The maximum Gasteiger partial charge on any atom is 0.213 e. The third kappa shape index (κ3) is 6.69. The van der Waals surface area contributed by atoms with Crippen molar-refractivity contribution in [1.82, 2.24) is 10.3 Å². The van der Waals surface area contributed by atoms with E-state index in [1.807, 2.05) is 24.3 Å². The summed E-state index contributed by atoms with van der Waals surface area (Å²) < 4.78 is 0.908. The number of nitrogens with zero attached hydrogens (tertiary/aromatic N) is 3. The van der Waals surface area contributed by atoms with E-state index >= 15 is 0 Å². The Morgan fingerprint density at radius 3 is 2.79 bits per heavy atom. The van der Waals surface area contributed by atoms with Gasteiger partial charge in [-0.05, 0) is 31.4 Å². The molecule has 1 saturated heterocycles. The first kappa shape index (κ1) is 24.2. The van der Waals surface area contributed by atoms with E-state index in [-0.39, 0.29) is 74.7 Å². The number of rotatable bonds is 8. The van der Waals surface area contributed by atoms with Crippen molar-refractivity contribution in [2.75, 3.05) is 13.1 Å². The van der Waals surface area contributed by atoms with E-state index in [0.29, 0.717) is 24.4 Å². The number of benzene rings is 1. The van der Waals surface area contributed by atoms with Crippen molar-refractivity contribution in [2.45, 2.75) is 37.5 Å². The number of aliphatic imine (C=N–C) groups is 1. The van der Waals surface area contributed by atoms with Gasteiger partial charge in [-0.25, -0.2) is 4.98 Å². The Morgan fingerprint density at radius 1 is 1.38 bits per heavy atom. The van der Waals surface area contributed by atoms with Crippen molar-refractivity contribution in [3.05, 3.63) is 34.6 Å². The Morgan fingerprint density at radius 2 is 2.14 bits per heavy atom. The number of amides is 1. The number of ketones is 1. The number of Topliss-reactive ketones (excluding diaryl/α,β-unsaturated/α-hetero) is 1. The number of hydrogen-bond acceptors (Lipinski definition) is 6. The van der Waals surface area contributed by atoms with Crippen LogP contribution >= 0.6 is 11.3 Å². The second kappa shape index (κ2) is 11.3. The van der Waals surface area contributed by atoms with Crippen molar-refractivity contribution in [2.24, 2.45) is 16.5 Å². The summed E-state index contributed by atoms with van der Waals surface area (Å²) in [6.07, 6.45) is 0.536. The zero-order valence-electron chi connectivity index (χ0n) is 15.8. The van der Waals surface area contributed by atoms with E-state index in [1.165, 1.54) is 11.3 Å². The SMILES string of the molecule is NC(N)=NCCCC(NC(=O)[C@@H]1C[C@@H](O)C[N-]1)C(=O)c1nc2ccccc2s1.[Ac]. The molecule has 9 nitrogen and oxygen atoms in total. The smallest absolute Gasteiger partial charge is 0.213 e. The summed E-state index contributed by atoms with van der Waals surface area (Å²) in [5, 5.41) is 16.8. The molecule has 1 aromatic heterocycles. The predicted molar refractivity (Wildman–Crippen MR) is 108 cm³/mol. The topological polar surface area (TPSA) is 158 Å². The van der Waals surface area contributed by atoms with Crippen LogP contribution in [0.25, 0.3) is 15.5 Å². The van der Waals surface area contributed by atoms with Crippen LogP contribution in [0.2, 0.25) is 0 Å². The molecule has 1 aromatic carbocycles. The average Bonchev–Trinajstić information content (AvgIpc) is 3.29. The van der Waals surface area contributed by atoms with Gasteiger partial charge in [-0.1, -0.05) is 18.2 Å². The molecule has 1 amide bonds. The Bertz CT molecular complexity index is 852. The molecule has 0 spiro atoms. The number of hydrogen-bond donors (Lipinski definition) is 4. The summed E-state index contributed by atoms with van der Waals surface area (Å²) in [6, 6.07) is 6.09. The molecule has 3 atom stereocenters. The zero-order chi connectivity index (χ0) is 20.1. The Kier molecular flexibility index (Phi) is 9.43. The van der Waals surface area contributed by atoms with Gasteiger partial charge in [-0.15, -0.1) is 17.9 Å². The largest absolute Gasteiger partial charge is 0.650 e.